The van der Waals surface area contributed by atoms with E-state index in [1.54, 1.807) is 47.8 Å². The van der Waals surface area contributed by atoms with E-state index in [1.807, 2.05) is 0 Å². The molecule has 0 atom stereocenters. The summed E-state index contributed by atoms with van der Waals surface area (Å²) in [6.45, 7) is 10.3. The Morgan fingerprint density at radius 2 is 1.73 bits per heavy atom. The maximum atomic E-state index is 12.0. The van der Waals surface area contributed by atoms with Gasteiger partial charge < -0.3 is 15.2 Å². The Hall–Kier alpha value is -2.36. The van der Waals surface area contributed by atoms with Crippen molar-refractivity contribution in [2.24, 2.45) is 10.7 Å². The SMILES string of the molecule is CSc1ncc(/C(N)=N/C(=O)OC(C)(C)C)c(NC(=O)OC(C)(C)C)n1. The molecule has 0 aliphatic heterocycles. The number of nitrogens with two attached hydrogens (primary N) is 1. The molecule has 1 heterocycles. The van der Waals surface area contributed by atoms with Gasteiger partial charge in [0, 0.05) is 6.20 Å². The second-order valence-electron chi connectivity index (χ2n) is 7.22. The Labute approximate surface area is 157 Å². The first-order valence-corrected chi connectivity index (χ1v) is 9.02. The monoisotopic (exact) mass is 383 g/mol. The fourth-order valence-corrected chi connectivity index (χ4v) is 1.93. The number of aromatic nitrogens is 2. The first-order valence-electron chi connectivity index (χ1n) is 7.79. The molecule has 0 saturated heterocycles. The molecule has 26 heavy (non-hydrogen) atoms. The van der Waals surface area contributed by atoms with Crippen LogP contribution in [0.15, 0.2) is 16.3 Å². The fraction of sp³-hybridized carbons (Fsp3) is 0.562. The largest absolute Gasteiger partial charge is 0.444 e. The maximum absolute atomic E-state index is 12.0. The van der Waals surface area contributed by atoms with Crippen LogP contribution in [0.1, 0.15) is 47.1 Å². The molecule has 0 bridgehead atoms. The van der Waals surface area contributed by atoms with Crippen molar-refractivity contribution in [3.8, 4) is 0 Å². The number of rotatable bonds is 3. The smallest absolute Gasteiger partial charge is 0.436 e. The van der Waals surface area contributed by atoms with Crippen molar-refractivity contribution in [3.63, 3.8) is 0 Å². The van der Waals surface area contributed by atoms with Gasteiger partial charge in [-0.1, -0.05) is 11.8 Å². The van der Waals surface area contributed by atoms with Gasteiger partial charge in [0.2, 0.25) is 0 Å². The van der Waals surface area contributed by atoms with Gasteiger partial charge in [-0.25, -0.2) is 19.6 Å². The van der Waals surface area contributed by atoms with Crippen LogP contribution in [0, 0.1) is 0 Å². The van der Waals surface area contributed by atoms with Crippen LogP contribution < -0.4 is 11.1 Å². The van der Waals surface area contributed by atoms with E-state index in [0.717, 1.165) is 0 Å². The van der Waals surface area contributed by atoms with Gasteiger partial charge in [0.05, 0.1) is 5.56 Å². The van der Waals surface area contributed by atoms with Gasteiger partial charge in [-0.15, -0.1) is 0 Å². The lowest BCUT2D eigenvalue weighted by Gasteiger charge is -2.20. The molecule has 0 spiro atoms. The normalized spacial score (nSPS) is 12.5. The van der Waals surface area contributed by atoms with Crippen LogP contribution in [0.25, 0.3) is 0 Å². The molecule has 0 radical (unpaired) electrons. The minimum absolute atomic E-state index is 0.0865. The minimum Gasteiger partial charge on any atom is -0.444 e. The molecule has 1 aromatic heterocycles. The van der Waals surface area contributed by atoms with Gasteiger partial charge in [0.25, 0.3) is 0 Å². The number of carbonyl (C=O) groups is 2. The summed E-state index contributed by atoms with van der Waals surface area (Å²) in [4.78, 5) is 35.8. The Morgan fingerprint density at radius 1 is 1.15 bits per heavy atom. The highest BCUT2D eigenvalue weighted by molar-refractivity contribution is 7.98. The molecular weight excluding hydrogens is 358 g/mol. The average Bonchev–Trinajstić information content (AvgIpc) is 2.42. The molecule has 10 heteroatoms. The van der Waals surface area contributed by atoms with E-state index >= 15 is 0 Å². The number of amidine groups is 1. The lowest BCUT2D eigenvalue weighted by atomic mass is 10.2. The lowest BCUT2D eigenvalue weighted by Crippen LogP contribution is -2.29. The van der Waals surface area contributed by atoms with Crippen LogP contribution in [-0.2, 0) is 9.47 Å². The molecule has 0 aliphatic carbocycles. The van der Waals surface area contributed by atoms with Gasteiger partial charge in [-0.05, 0) is 47.8 Å². The summed E-state index contributed by atoms with van der Waals surface area (Å²) >= 11 is 1.28. The summed E-state index contributed by atoms with van der Waals surface area (Å²) in [7, 11) is 0. The predicted molar refractivity (Wildman–Crippen MR) is 101 cm³/mol. The fourth-order valence-electron chi connectivity index (χ4n) is 1.59. The number of ether oxygens (including phenoxy) is 2. The van der Waals surface area contributed by atoms with Gasteiger partial charge in [0.1, 0.15) is 17.0 Å². The number of anilines is 1. The summed E-state index contributed by atoms with van der Waals surface area (Å²) < 4.78 is 10.3. The molecule has 0 fully saturated rings. The van der Waals surface area contributed by atoms with Gasteiger partial charge in [-0.3, -0.25) is 5.32 Å². The van der Waals surface area contributed by atoms with E-state index in [0.29, 0.717) is 5.16 Å². The Kier molecular flexibility index (Phi) is 6.96. The van der Waals surface area contributed by atoms with Crippen molar-refractivity contribution >= 4 is 35.6 Å². The molecular formula is C16H25N5O4S. The van der Waals surface area contributed by atoms with Crippen molar-refractivity contribution in [1.29, 1.82) is 0 Å². The van der Waals surface area contributed by atoms with Crippen molar-refractivity contribution in [1.82, 2.24) is 9.97 Å². The zero-order valence-electron chi connectivity index (χ0n) is 16.0. The molecule has 1 rings (SSSR count). The number of hydrogen-bond donors (Lipinski definition) is 2. The number of nitrogens with one attached hydrogen (secondary N) is 1. The predicted octanol–water partition coefficient (Wildman–Crippen LogP) is 3.19. The summed E-state index contributed by atoms with van der Waals surface area (Å²) in [5, 5.41) is 2.91. The van der Waals surface area contributed by atoms with Gasteiger partial charge in [0.15, 0.2) is 11.0 Å². The molecule has 0 unspecified atom stereocenters. The Balaban J connectivity index is 3.14. The highest BCUT2D eigenvalue weighted by Crippen LogP contribution is 2.18. The third kappa shape index (κ3) is 7.68. The van der Waals surface area contributed by atoms with E-state index in [-0.39, 0.29) is 17.2 Å². The summed E-state index contributed by atoms with van der Waals surface area (Å²) in [5.41, 5.74) is 4.67. The zero-order chi connectivity index (χ0) is 20.1. The van der Waals surface area contributed by atoms with E-state index in [2.05, 4.69) is 20.3 Å². The number of hydrogen-bond acceptors (Lipinski definition) is 7. The molecule has 1 aromatic rings. The van der Waals surface area contributed by atoms with E-state index < -0.39 is 23.4 Å². The number of aliphatic imine (C=N–C) groups is 1. The summed E-state index contributed by atoms with van der Waals surface area (Å²) in [5.74, 6) is -0.0960. The quantitative estimate of drug-likeness (QED) is 0.352. The number of amides is 2. The van der Waals surface area contributed by atoms with Crippen LogP contribution >= 0.6 is 11.8 Å². The van der Waals surface area contributed by atoms with E-state index in [9.17, 15) is 9.59 Å². The molecule has 144 valence electrons. The third-order valence-corrected chi connectivity index (χ3v) is 3.01. The Bertz CT molecular complexity index is 708. The molecule has 3 N–H and O–H groups in total. The Morgan fingerprint density at radius 3 is 2.23 bits per heavy atom. The molecule has 0 saturated carbocycles. The molecule has 0 aliphatic rings. The standard InChI is InChI=1S/C16H25N5O4S/c1-15(2,3)24-13(22)19-10(17)9-8-18-12(26-7)20-11(9)21-14(23)25-16(4,5)6/h8H,1-7H3,(H2,17,19,22)(H,18,20,21,23). The molecule has 9 nitrogen and oxygen atoms in total. The second-order valence-corrected chi connectivity index (χ2v) is 8.00. The first kappa shape index (κ1) is 21.7. The topological polar surface area (TPSA) is 129 Å². The first-order chi connectivity index (χ1) is 11.8. The third-order valence-electron chi connectivity index (χ3n) is 2.45. The van der Waals surface area contributed by atoms with Gasteiger partial charge >= 0.3 is 12.2 Å². The second kappa shape index (κ2) is 8.35. The lowest BCUT2D eigenvalue weighted by molar-refractivity contribution is 0.0601. The van der Waals surface area contributed by atoms with E-state index in [4.69, 9.17) is 15.2 Å². The van der Waals surface area contributed by atoms with Gasteiger partial charge in [-0.2, -0.15) is 4.99 Å². The van der Waals surface area contributed by atoms with Crippen LogP contribution in [0.3, 0.4) is 0 Å². The van der Waals surface area contributed by atoms with Crippen LogP contribution in [0.2, 0.25) is 0 Å². The summed E-state index contributed by atoms with van der Waals surface area (Å²) in [6.07, 6.45) is 1.58. The molecule has 2 amide bonds. The highest BCUT2D eigenvalue weighted by atomic mass is 32.2. The van der Waals surface area contributed by atoms with Crippen LogP contribution in [0.5, 0.6) is 0 Å². The van der Waals surface area contributed by atoms with Crippen molar-refractivity contribution < 1.29 is 19.1 Å². The van der Waals surface area contributed by atoms with Crippen molar-refractivity contribution in [2.45, 2.75) is 57.9 Å². The number of nitrogens with zero attached hydrogens (tertiary/aromatic N) is 3. The summed E-state index contributed by atoms with van der Waals surface area (Å²) in [6, 6.07) is 0. The van der Waals surface area contributed by atoms with Crippen molar-refractivity contribution in [2.75, 3.05) is 11.6 Å². The maximum Gasteiger partial charge on any atom is 0.436 e. The molecule has 0 aromatic carbocycles. The van der Waals surface area contributed by atoms with E-state index in [1.165, 1.54) is 18.0 Å². The van der Waals surface area contributed by atoms with Crippen LogP contribution in [0.4, 0.5) is 15.4 Å². The highest BCUT2D eigenvalue weighted by Gasteiger charge is 2.21. The number of thioether (sulfide) groups is 1. The van der Waals surface area contributed by atoms with Crippen molar-refractivity contribution in [3.05, 3.63) is 11.8 Å². The number of carbonyl (C=O) groups excluding carboxylic acids is 2. The average molecular weight is 383 g/mol. The minimum atomic E-state index is -0.854. The zero-order valence-corrected chi connectivity index (χ0v) is 16.9. The van der Waals surface area contributed by atoms with Crippen LogP contribution in [-0.4, -0.2) is 45.4 Å².